The van der Waals surface area contributed by atoms with Crippen molar-refractivity contribution < 1.29 is 19.1 Å². The van der Waals surface area contributed by atoms with Gasteiger partial charge in [0.15, 0.2) is 0 Å². The van der Waals surface area contributed by atoms with Gasteiger partial charge in [-0.2, -0.15) is 4.79 Å². The maximum atomic E-state index is 11.9. The number of rotatable bonds is 1. The molecule has 0 spiro atoms. The van der Waals surface area contributed by atoms with Crippen molar-refractivity contribution in [3.63, 3.8) is 0 Å². The molecule has 5 nitrogen and oxygen atoms in total. The van der Waals surface area contributed by atoms with E-state index in [-0.39, 0.29) is 17.9 Å². The lowest BCUT2D eigenvalue weighted by molar-refractivity contribution is -0.150. The molecule has 1 aliphatic rings. The maximum absolute atomic E-state index is 11.9. The van der Waals surface area contributed by atoms with Crippen LogP contribution in [-0.4, -0.2) is 27.9 Å². The Bertz CT molecular complexity index is 449. The second-order valence-corrected chi connectivity index (χ2v) is 4.98. The standard InChI is InChI=1S/C12H16N2O3/c1-7-8(11(16)17-12(2,3)4)5-6-9(15)10(7)14-13/h5-6H2,1-4H3. The van der Waals surface area contributed by atoms with E-state index < -0.39 is 11.6 Å². The zero-order chi connectivity index (χ0) is 13.2. The predicted octanol–water partition coefficient (Wildman–Crippen LogP) is 1.68. The number of ketones is 1. The Kier molecular flexibility index (Phi) is 3.63. The van der Waals surface area contributed by atoms with E-state index in [0.29, 0.717) is 17.6 Å². The third-order valence-corrected chi connectivity index (χ3v) is 2.42. The summed E-state index contributed by atoms with van der Waals surface area (Å²) in [6, 6.07) is 0. The van der Waals surface area contributed by atoms with E-state index in [1.165, 1.54) is 0 Å². The van der Waals surface area contributed by atoms with Crippen molar-refractivity contribution >= 4 is 17.5 Å². The number of hydrogen-bond acceptors (Lipinski definition) is 3. The Morgan fingerprint density at radius 2 is 1.94 bits per heavy atom. The van der Waals surface area contributed by atoms with E-state index in [0.717, 1.165) is 0 Å². The van der Waals surface area contributed by atoms with Crippen LogP contribution in [-0.2, 0) is 14.3 Å². The molecular weight excluding hydrogens is 220 g/mol. The molecule has 92 valence electrons. The smallest absolute Gasteiger partial charge is 0.361 e. The molecule has 5 heteroatoms. The first kappa shape index (κ1) is 13.3. The average molecular weight is 236 g/mol. The molecule has 0 radical (unpaired) electrons. The Morgan fingerprint density at radius 3 is 2.41 bits per heavy atom. The van der Waals surface area contributed by atoms with E-state index >= 15 is 0 Å². The van der Waals surface area contributed by atoms with Crippen molar-refractivity contribution in [1.82, 2.24) is 0 Å². The van der Waals surface area contributed by atoms with Crippen LogP contribution >= 0.6 is 0 Å². The van der Waals surface area contributed by atoms with Crippen molar-refractivity contribution in [3.8, 4) is 0 Å². The van der Waals surface area contributed by atoms with Gasteiger partial charge in [-0.25, -0.2) is 4.79 Å². The zero-order valence-corrected chi connectivity index (χ0v) is 10.5. The van der Waals surface area contributed by atoms with E-state index in [2.05, 4.69) is 4.79 Å². The van der Waals surface area contributed by atoms with Gasteiger partial charge in [-0.05, 0) is 34.1 Å². The lowest BCUT2D eigenvalue weighted by Gasteiger charge is -2.22. The van der Waals surface area contributed by atoms with Gasteiger partial charge in [-0.3, -0.25) is 4.79 Å². The molecule has 0 amide bonds. The summed E-state index contributed by atoms with van der Waals surface area (Å²) in [5.74, 6) is -0.707. The summed E-state index contributed by atoms with van der Waals surface area (Å²) in [6.07, 6.45) is 0.504. The van der Waals surface area contributed by atoms with Crippen LogP contribution in [0.15, 0.2) is 11.1 Å². The molecule has 0 aromatic rings. The highest BCUT2D eigenvalue weighted by molar-refractivity contribution is 6.45. The fraction of sp³-hybridized carbons (Fsp3) is 0.583. The van der Waals surface area contributed by atoms with Gasteiger partial charge in [-0.1, -0.05) is 0 Å². The van der Waals surface area contributed by atoms with Crippen LogP contribution in [0, 0.1) is 0 Å². The van der Waals surface area contributed by atoms with Gasteiger partial charge in [0.25, 0.3) is 0 Å². The van der Waals surface area contributed by atoms with Gasteiger partial charge in [0.1, 0.15) is 5.60 Å². The molecule has 17 heavy (non-hydrogen) atoms. The molecule has 0 saturated carbocycles. The minimum Gasteiger partial charge on any atom is -0.457 e. The molecule has 0 bridgehead atoms. The monoisotopic (exact) mass is 236 g/mol. The van der Waals surface area contributed by atoms with Crippen molar-refractivity contribution in [2.75, 3.05) is 0 Å². The van der Waals surface area contributed by atoms with Gasteiger partial charge in [-0.15, -0.1) is 0 Å². The molecule has 0 aromatic heterocycles. The van der Waals surface area contributed by atoms with Gasteiger partial charge in [0, 0.05) is 12.0 Å². The van der Waals surface area contributed by atoms with E-state index in [1.807, 2.05) is 0 Å². The molecular formula is C12H16N2O3. The Balaban J connectivity index is 3.06. The van der Waals surface area contributed by atoms with Crippen LogP contribution in [0.5, 0.6) is 0 Å². The number of esters is 1. The summed E-state index contributed by atoms with van der Waals surface area (Å²) in [5, 5.41) is 0. The molecule has 1 rings (SSSR count). The molecule has 0 atom stereocenters. The number of carbonyl (C=O) groups excluding carboxylic acids is 2. The lowest BCUT2D eigenvalue weighted by Crippen LogP contribution is -2.30. The quantitative estimate of drug-likeness (QED) is 0.394. The highest BCUT2D eigenvalue weighted by Gasteiger charge is 2.34. The average Bonchev–Trinajstić information content (AvgIpc) is 2.15. The summed E-state index contributed by atoms with van der Waals surface area (Å²) in [7, 11) is 0. The van der Waals surface area contributed by atoms with Crippen molar-refractivity contribution in [1.29, 1.82) is 0 Å². The Hall–Kier alpha value is -1.74. The van der Waals surface area contributed by atoms with Gasteiger partial charge >= 0.3 is 11.7 Å². The topological polar surface area (TPSA) is 79.8 Å². The SMILES string of the molecule is CC1=C(C(=O)OC(C)(C)C)CCC(=O)C1=[N+]=[N-]. The van der Waals surface area contributed by atoms with Gasteiger partial charge < -0.3 is 10.3 Å². The second kappa shape index (κ2) is 4.63. The predicted molar refractivity (Wildman–Crippen MR) is 61.4 cm³/mol. The highest BCUT2D eigenvalue weighted by atomic mass is 16.6. The van der Waals surface area contributed by atoms with Crippen molar-refractivity contribution in [3.05, 3.63) is 16.7 Å². The van der Waals surface area contributed by atoms with E-state index in [1.54, 1.807) is 27.7 Å². The molecule has 0 unspecified atom stereocenters. The van der Waals surface area contributed by atoms with Crippen molar-refractivity contribution in [2.24, 2.45) is 0 Å². The zero-order valence-electron chi connectivity index (χ0n) is 10.5. The first-order chi connectivity index (χ1) is 7.76. The summed E-state index contributed by atoms with van der Waals surface area (Å²) in [5.41, 5.74) is 8.93. The van der Waals surface area contributed by atoms with Gasteiger partial charge in [0.05, 0.1) is 5.57 Å². The minimum atomic E-state index is -0.581. The summed E-state index contributed by atoms with van der Waals surface area (Å²) < 4.78 is 5.23. The Morgan fingerprint density at radius 1 is 1.35 bits per heavy atom. The third-order valence-electron chi connectivity index (χ3n) is 2.42. The molecule has 1 aliphatic carbocycles. The summed E-state index contributed by atoms with van der Waals surface area (Å²) in [6.45, 7) is 6.91. The van der Waals surface area contributed by atoms with Crippen LogP contribution in [0.1, 0.15) is 40.5 Å². The largest absolute Gasteiger partial charge is 0.457 e. The second-order valence-electron chi connectivity index (χ2n) is 4.98. The first-order valence-corrected chi connectivity index (χ1v) is 5.45. The molecule has 0 saturated heterocycles. The normalized spacial score (nSPS) is 16.9. The number of allylic oxidation sites excluding steroid dienone is 1. The van der Waals surface area contributed by atoms with E-state index in [9.17, 15) is 9.59 Å². The van der Waals surface area contributed by atoms with Crippen LogP contribution < -0.4 is 0 Å². The molecule has 0 heterocycles. The fourth-order valence-electron chi connectivity index (χ4n) is 1.62. The molecule has 0 N–H and O–H groups in total. The third kappa shape index (κ3) is 3.11. The molecule has 0 aliphatic heterocycles. The maximum Gasteiger partial charge on any atom is 0.361 e. The van der Waals surface area contributed by atoms with E-state index in [4.69, 9.17) is 10.3 Å². The van der Waals surface area contributed by atoms with Crippen molar-refractivity contribution in [2.45, 2.75) is 46.1 Å². The number of Topliss-reactive ketones (excluding diaryl/α,β-unsaturated/α-hetero) is 1. The summed E-state index contributed by atoms with van der Waals surface area (Å²) in [4.78, 5) is 26.2. The fourth-order valence-corrected chi connectivity index (χ4v) is 1.62. The number of ether oxygens (including phenoxy) is 1. The van der Waals surface area contributed by atoms with Crippen LogP contribution in [0.2, 0.25) is 0 Å². The highest BCUT2D eigenvalue weighted by Crippen LogP contribution is 2.23. The van der Waals surface area contributed by atoms with Crippen LogP contribution in [0.25, 0.3) is 5.53 Å². The van der Waals surface area contributed by atoms with Crippen LogP contribution in [0.4, 0.5) is 0 Å². The first-order valence-electron chi connectivity index (χ1n) is 5.45. The molecule has 0 aromatic carbocycles. The summed E-state index contributed by atoms with van der Waals surface area (Å²) >= 11 is 0. The number of nitrogens with zero attached hydrogens (tertiary/aromatic N) is 2. The number of carbonyl (C=O) groups is 2. The number of hydrogen-bond donors (Lipinski definition) is 0. The van der Waals surface area contributed by atoms with Crippen LogP contribution in [0.3, 0.4) is 0 Å². The van der Waals surface area contributed by atoms with Gasteiger partial charge in [0.2, 0.25) is 5.78 Å². The molecule has 0 fully saturated rings. The Labute approximate surface area is 100 Å². The lowest BCUT2D eigenvalue weighted by atomic mass is 9.90. The minimum absolute atomic E-state index is 0.0443.